The third-order valence-corrected chi connectivity index (χ3v) is 5.64. The number of piperazine rings is 1. The quantitative estimate of drug-likeness (QED) is 0.775. The Morgan fingerprint density at radius 3 is 2.74 bits per heavy atom. The Labute approximate surface area is 116 Å². The number of hydrogen-bond acceptors (Lipinski definition) is 3. The van der Waals surface area contributed by atoms with Crippen molar-refractivity contribution in [1.29, 1.82) is 0 Å². The van der Waals surface area contributed by atoms with E-state index >= 15 is 0 Å². The smallest absolute Gasteiger partial charge is 0.230 e. The molecule has 0 aromatic carbocycles. The van der Waals surface area contributed by atoms with Gasteiger partial charge in [0.15, 0.2) is 0 Å². The molecule has 3 fully saturated rings. The molecule has 1 saturated carbocycles. The van der Waals surface area contributed by atoms with Gasteiger partial charge in [-0.05, 0) is 39.2 Å². The number of fused-ring (bicyclic) bond motifs is 1. The van der Waals surface area contributed by atoms with E-state index in [9.17, 15) is 4.79 Å². The lowest BCUT2D eigenvalue weighted by molar-refractivity contribution is -0.145. The molecule has 1 amide bonds. The van der Waals surface area contributed by atoms with Crippen LogP contribution in [0.15, 0.2) is 0 Å². The van der Waals surface area contributed by atoms with Gasteiger partial charge in [0.1, 0.15) is 0 Å². The molecule has 4 nitrogen and oxygen atoms in total. The van der Waals surface area contributed by atoms with Crippen molar-refractivity contribution in [3.63, 3.8) is 0 Å². The van der Waals surface area contributed by atoms with E-state index in [2.05, 4.69) is 16.7 Å². The predicted octanol–water partition coefficient (Wildman–Crippen LogP) is 1.20. The van der Waals surface area contributed by atoms with Crippen LogP contribution in [0.3, 0.4) is 0 Å². The van der Waals surface area contributed by atoms with Crippen LogP contribution in [0, 0.1) is 5.41 Å². The van der Waals surface area contributed by atoms with Crippen molar-refractivity contribution in [2.75, 3.05) is 26.2 Å². The number of rotatable bonds is 1. The fourth-order valence-corrected chi connectivity index (χ4v) is 4.16. The van der Waals surface area contributed by atoms with Crippen molar-refractivity contribution >= 4 is 5.91 Å². The van der Waals surface area contributed by atoms with E-state index in [1.54, 1.807) is 0 Å². The van der Waals surface area contributed by atoms with E-state index < -0.39 is 0 Å². The molecule has 4 heteroatoms. The minimum Gasteiger partial charge on any atom is -0.339 e. The summed E-state index contributed by atoms with van der Waals surface area (Å²) < 4.78 is 0. The van der Waals surface area contributed by atoms with Crippen molar-refractivity contribution in [1.82, 2.24) is 9.80 Å². The molecule has 0 bridgehead atoms. The molecule has 3 rings (SSSR count). The maximum Gasteiger partial charge on any atom is 0.230 e. The first-order valence-corrected chi connectivity index (χ1v) is 7.90. The van der Waals surface area contributed by atoms with Crippen LogP contribution >= 0.6 is 0 Å². The van der Waals surface area contributed by atoms with Gasteiger partial charge in [-0.15, -0.1) is 0 Å². The SMILES string of the molecule is CC1(C(=O)N2CCN3CCCCC3C2)CCCC1N. The lowest BCUT2D eigenvalue weighted by Crippen LogP contribution is -2.59. The van der Waals surface area contributed by atoms with Crippen molar-refractivity contribution in [3.05, 3.63) is 0 Å². The van der Waals surface area contributed by atoms with Gasteiger partial charge >= 0.3 is 0 Å². The maximum atomic E-state index is 12.8. The summed E-state index contributed by atoms with van der Waals surface area (Å²) in [6.07, 6.45) is 6.98. The van der Waals surface area contributed by atoms with Gasteiger partial charge in [-0.25, -0.2) is 0 Å². The Morgan fingerprint density at radius 2 is 2.00 bits per heavy atom. The van der Waals surface area contributed by atoms with Crippen LogP contribution in [-0.2, 0) is 4.79 Å². The molecule has 0 aromatic heterocycles. The second-order valence-electron chi connectivity index (χ2n) is 6.85. The molecule has 3 unspecified atom stereocenters. The van der Waals surface area contributed by atoms with E-state index in [-0.39, 0.29) is 11.5 Å². The Balaban J connectivity index is 1.67. The van der Waals surface area contributed by atoms with Crippen LogP contribution in [0.5, 0.6) is 0 Å². The third kappa shape index (κ3) is 2.29. The average molecular weight is 265 g/mol. The van der Waals surface area contributed by atoms with E-state index in [0.29, 0.717) is 11.9 Å². The number of carbonyl (C=O) groups excluding carboxylic acids is 1. The first kappa shape index (κ1) is 13.4. The maximum absolute atomic E-state index is 12.8. The molecule has 108 valence electrons. The Bertz CT molecular complexity index is 359. The molecule has 1 aliphatic carbocycles. The van der Waals surface area contributed by atoms with Crippen LogP contribution in [0.4, 0.5) is 0 Å². The third-order valence-electron chi connectivity index (χ3n) is 5.64. The second-order valence-corrected chi connectivity index (χ2v) is 6.85. The number of nitrogens with zero attached hydrogens (tertiary/aromatic N) is 2. The summed E-state index contributed by atoms with van der Waals surface area (Å²) in [7, 11) is 0. The molecule has 2 aliphatic heterocycles. The van der Waals surface area contributed by atoms with E-state index in [0.717, 1.165) is 38.9 Å². The summed E-state index contributed by atoms with van der Waals surface area (Å²) in [5.41, 5.74) is 5.90. The normalized spacial score (nSPS) is 40.2. The zero-order valence-corrected chi connectivity index (χ0v) is 12.1. The predicted molar refractivity (Wildman–Crippen MR) is 75.7 cm³/mol. The van der Waals surface area contributed by atoms with Crippen LogP contribution in [0.1, 0.15) is 45.4 Å². The van der Waals surface area contributed by atoms with Crippen LogP contribution in [-0.4, -0.2) is 54.0 Å². The van der Waals surface area contributed by atoms with Crippen molar-refractivity contribution in [2.24, 2.45) is 11.1 Å². The molecule has 2 N–H and O–H groups in total. The zero-order valence-electron chi connectivity index (χ0n) is 12.1. The number of nitrogens with two attached hydrogens (primary N) is 1. The molecule has 0 spiro atoms. The number of hydrogen-bond donors (Lipinski definition) is 1. The standard InChI is InChI=1S/C15H27N3O/c1-15(7-4-6-13(15)16)14(19)18-10-9-17-8-3-2-5-12(17)11-18/h12-13H,2-11,16H2,1H3. The Kier molecular flexibility index (Phi) is 3.56. The summed E-state index contributed by atoms with van der Waals surface area (Å²) >= 11 is 0. The summed E-state index contributed by atoms with van der Waals surface area (Å²) in [6.45, 7) is 6.20. The van der Waals surface area contributed by atoms with E-state index in [4.69, 9.17) is 5.73 Å². The monoisotopic (exact) mass is 265 g/mol. The molecule has 3 aliphatic rings. The van der Waals surface area contributed by atoms with Gasteiger partial charge in [-0.1, -0.05) is 12.8 Å². The van der Waals surface area contributed by atoms with Gasteiger partial charge in [-0.2, -0.15) is 0 Å². The molecule has 3 atom stereocenters. The highest BCUT2D eigenvalue weighted by Crippen LogP contribution is 2.39. The summed E-state index contributed by atoms with van der Waals surface area (Å²) in [5.74, 6) is 0.322. The average Bonchev–Trinajstić information content (AvgIpc) is 2.78. The van der Waals surface area contributed by atoms with Crippen LogP contribution < -0.4 is 5.73 Å². The fraction of sp³-hybridized carbons (Fsp3) is 0.933. The lowest BCUT2D eigenvalue weighted by atomic mass is 9.83. The largest absolute Gasteiger partial charge is 0.339 e. The van der Waals surface area contributed by atoms with Gasteiger partial charge in [0.2, 0.25) is 5.91 Å². The highest BCUT2D eigenvalue weighted by Gasteiger charge is 2.46. The minimum absolute atomic E-state index is 0.0596. The Morgan fingerprint density at radius 1 is 1.16 bits per heavy atom. The number of amides is 1. The lowest BCUT2D eigenvalue weighted by Gasteiger charge is -2.46. The van der Waals surface area contributed by atoms with Gasteiger partial charge in [0.05, 0.1) is 5.41 Å². The van der Waals surface area contributed by atoms with Crippen molar-refractivity contribution in [3.8, 4) is 0 Å². The first-order valence-electron chi connectivity index (χ1n) is 7.90. The molecule has 19 heavy (non-hydrogen) atoms. The first-order chi connectivity index (χ1) is 9.11. The molecule has 2 saturated heterocycles. The van der Waals surface area contributed by atoms with Gasteiger partial charge in [-0.3, -0.25) is 9.69 Å². The van der Waals surface area contributed by atoms with Crippen molar-refractivity contribution in [2.45, 2.75) is 57.5 Å². The zero-order chi connectivity index (χ0) is 13.5. The summed E-state index contributed by atoms with van der Waals surface area (Å²) in [5, 5.41) is 0. The minimum atomic E-state index is -0.295. The van der Waals surface area contributed by atoms with E-state index in [1.165, 1.54) is 25.8 Å². The number of carbonyl (C=O) groups is 1. The topological polar surface area (TPSA) is 49.6 Å². The molecule has 0 aromatic rings. The van der Waals surface area contributed by atoms with E-state index in [1.807, 2.05) is 0 Å². The van der Waals surface area contributed by atoms with Gasteiger partial charge in [0, 0.05) is 31.7 Å². The van der Waals surface area contributed by atoms with Gasteiger partial charge in [0.25, 0.3) is 0 Å². The molecule has 0 radical (unpaired) electrons. The summed E-state index contributed by atoms with van der Waals surface area (Å²) in [6, 6.07) is 0.664. The summed E-state index contributed by atoms with van der Waals surface area (Å²) in [4.78, 5) is 17.5. The second kappa shape index (κ2) is 5.06. The van der Waals surface area contributed by atoms with Crippen LogP contribution in [0.2, 0.25) is 0 Å². The molecular weight excluding hydrogens is 238 g/mol. The van der Waals surface area contributed by atoms with Crippen LogP contribution in [0.25, 0.3) is 0 Å². The number of piperidine rings is 1. The van der Waals surface area contributed by atoms with Crippen molar-refractivity contribution < 1.29 is 4.79 Å². The highest BCUT2D eigenvalue weighted by molar-refractivity contribution is 5.83. The van der Waals surface area contributed by atoms with Gasteiger partial charge < -0.3 is 10.6 Å². The highest BCUT2D eigenvalue weighted by atomic mass is 16.2. The molecular formula is C15H27N3O. The Hall–Kier alpha value is -0.610. The molecule has 2 heterocycles. The fourth-order valence-electron chi connectivity index (χ4n) is 4.16.